The fourth-order valence-corrected chi connectivity index (χ4v) is 2.03. The van der Waals surface area contributed by atoms with E-state index >= 15 is 0 Å². The summed E-state index contributed by atoms with van der Waals surface area (Å²) in [5.41, 5.74) is 3.09. The summed E-state index contributed by atoms with van der Waals surface area (Å²) in [4.78, 5) is 24.1. The molecule has 1 aliphatic rings. The van der Waals surface area contributed by atoms with Gasteiger partial charge in [0.25, 0.3) is 5.91 Å². The van der Waals surface area contributed by atoms with E-state index in [4.69, 9.17) is 9.47 Å². The summed E-state index contributed by atoms with van der Waals surface area (Å²) in [6, 6.07) is 0. The van der Waals surface area contributed by atoms with Crippen molar-refractivity contribution in [3.63, 3.8) is 0 Å². The van der Waals surface area contributed by atoms with Crippen LogP contribution in [0.3, 0.4) is 0 Å². The van der Waals surface area contributed by atoms with Gasteiger partial charge in [0, 0.05) is 6.54 Å². The molecule has 1 aliphatic heterocycles. The van der Waals surface area contributed by atoms with Gasteiger partial charge in [-0.3, -0.25) is 4.79 Å². The Kier molecular flexibility index (Phi) is 7.70. The molecule has 136 valence electrons. The average Bonchev–Trinajstić information content (AvgIpc) is 2.87. The van der Waals surface area contributed by atoms with Crippen molar-refractivity contribution in [3.8, 4) is 0 Å². The minimum absolute atomic E-state index is 0.118. The Balaban J connectivity index is 2.85. The minimum Gasteiger partial charge on any atom is -0.472 e. The van der Waals surface area contributed by atoms with Crippen LogP contribution in [0.4, 0.5) is 0 Å². The molecule has 8 heteroatoms. The van der Waals surface area contributed by atoms with Crippen LogP contribution in [-0.2, 0) is 19.1 Å². The van der Waals surface area contributed by atoms with Crippen molar-refractivity contribution in [1.29, 1.82) is 0 Å². The smallest absolute Gasteiger partial charge is 0.345 e. The van der Waals surface area contributed by atoms with E-state index in [0.29, 0.717) is 22.6 Å². The maximum Gasteiger partial charge on any atom is 0.345 e. The summed E-state index contributed by atoms with van der Waals surface area (Å²) in [5.74, 6) is -0.374. The SMILES string of the molecule is CCCCNC1=C(C(=O)OCC)/C(=N/NC(=O)C[N+](C)(C)C)CO1. The lowest BCUT2D eigenvalue weighted by molar-refractivity contribution is -0.862. The van der Waals surface area contributed by atoms with E-state index < -0.39 is 5.97 Å². The normalized spacial score (nSPS) is 16.1. The predicted molar refractivity (Wildman–Crippen MR) is 91.0 cm³/mol. The van der Waals surface area contributed by atoms with Crippen LogP contribution in [-0.4, -0.2) is 69.5 Å². The van der Waals surface area contributed by atoms with Gasteiger partial charge in [0.1, 0.15) is 17.9 Å². The van der Waals surface area contributed by atoms with Crippen LogP contribution < -0.4 is 10.7 Å². The second-order valence-electron chi connectivity index (χ2n) is 6.54. The lowest BCUT2D eigenvalue weighted by atomic mass is 10.2. The Hall–Kier alpha value is -2.09. The Morgan fingerprint density at radius 2 is 2.00 bits per heavy atom. The number of ether oxygens (including phenoxy) is 2. The topological polar surface area (TPSA) is 89.0 Å². The molecule has 0 atom stereocenters. The van der Waals surface area contributed by atoms with E-state index in [0.717, 1.165) is 12.8 Å². The summed E-state index contributed by atoms with van der Waals surface area (Å²) in [7, 11) is 5.72. The highest BCUT2D eigenvalue weighted by molar-refractivity contribution is 6.22. The zero-order valence-corrected chi connectivity index (χ0v) is 15.3. The molecule has 0 fully saturated rings. The number of likely N-dealkylation sites (N-methyl/N-ethyl adjacent to an activating group) is 1. The fraction of sp³-hybridized carbons (Fsp3) is 0.688. The lowest BCUT2D eigenvalue weighted by Gasteiger charge is -2.22. The largest absolute Gasteiger partial charge is 0.472 e. The van der Waals surface area contributed by atoms with Gasteiger partial charge in [-0.05, 0) is 13.3 Å². The number of unbranched alkanes of at least 4 members (excludes halogenated alkanes) is 1. The molecule has 0 aromatic heterocycles. The molecule has 1 rings (SSSR count). The molecule has 0 aliphatic carbocycles. The first-order valence-corrected chi connectivity index (χ1v) is 8.22. The highest BCUT2D eigenvalue weighted by Crippen LogP contribution is 2.17. The number of carbonyl (C=O) groups is 2. The van der Waals surface area contributed by atoms with E-state index in [1.165, 1.54) is 0 Å². The highest BCUT2D eigenvalue weighted by Gasteiger charge is 2.31. The number of nitrogens with zero attached hydrogens (tertiary/aromatic N) is 2. The van der Waals surface area contributed by atoms with Gasteiger partial charge in [-0.1, -0.05) is 13.3 Å². The number of carbonyl (C=O) groups excluding carboxylic acids is 2. The number of rotatable bonds is 9. The van der Waals surface area contributed by atoms with E-state index in [-0.39, 0.29) is 31.2 Å². The van der Waals surface area contributed by atoms with Gasteiger partial charge < -0.3 is 19.3 Å². The van der Waals surface area contributed by atoms with Gasteiger partial charge in [0.05, 0.1) is 27.7 Å². The minimum atomic E-state index is -0.506. The van der Waals surface area contributed by atoms with Gasteiger partial charge in [-0.25, -0.2) is 10.2 Å². The molecule has 0 saturated carbocycles. The van der Waals surface area contributed by atoms with Gasteiger partial charge >= 0.3 is 5.97 Å². The molecule has 0 aromatic carbocycles. The number of amides is 1. The van der Waals surface area contributed by atoms with Gasteiger partial charge in [0.2, 0.25) is 5.88 Å². The molecule has 0 aromatic rings. The maximum absolute atomic E-state index is 12.2. The molecule has 0 saturated heterocycles. The lowest BCUT2D eigenvalue weighted by Crippen LogP contribution is -2.43. The zero-order valence-electron chi connectivity index (χ0n) is 15.3. The molecule has 1 heterocycles. The first kappa shape index (κ1) is 20.0. The van der Waals surface area contributed by atoms with Crippen LogP contribution in [0.1, 0.15) is 26.7 Å². The third-order valence-corrected chi connectivity index (χ3v) is 3.10. The van der Waals surface area contributed by atoms with Crippen LogP contribution in [0.5, 0.6) is 0 Å². The number of hydrogen-bond donors (Lipinski definition) is 2. The Morgan fingerprint density at radius 1 is 1.29 bits per heavy atom. The molecule has 24 heavy (non-hydrogen) atoms. The van der Waals surface area contributed by atoms with Crippen molar-refractivity contribution >= 4 is 17.6 Å². The molecular weight excluding hydrogens is 312 g/mol. The van der Waals surface area contributed by atoms with E-state index in [1.54, 1.807) is 6.92 Å². The Bertz CT molecular complexity index is 521. The first-order chi connectivity index (χ1) is 11.3. The third-order valence-electron chi connectivity index (χ3n) is 3.10. The molecular formula is C16H29N4O4+. The third kappa shape index (κ3) is 6.57. The molecule has 2 N–H and O–H groups in total. The van der Waals surface area contributed by atoms with Crippen LogP contribution in [0.2, 0.25) is 0 Å². The molecule has 0 unspecified atom stereocenters. The first-order valence-electron chi connectivity index (χ1n) is 8.22. The molecule has 8 nitrogen and oxygen atoms in total. The van der Waals surface area contributed by atoms with Crippen molar-refractivity contribution < 1.29 is 23.5 Å². The van der Waals surface area contributed by atoms with Crippen LogP contribution in [0.15, 0.2) is 16.6 Å². The summed E-state index contributed by atoms with van der Waals surface area (Å²) >= 11 is 0. The van der Waals surface area contributed by atoms with Gasteiger partial charge in [0.15, 0.2) is 6.54 Å². The monoisotopic (exact) mass is 341 g/mol. The molecule has 0 radical (unpaired) electrons. The average molecular weight is 341 g/mol. The molecule has 0 bridgehead atoms. The predicted octanol–water partition coefficient (Wildman–Crippen LogP) is 0.359. The van der Waals surface area contributed by atoms with Crippen molar-refractivity contribution in [3.05, 3.63) is 11.5 Å². The summed E-state index contributed by atoms with van der Waals surface area (Å²) < 4.78 is 11.1. The summed E-state index contributed by atoms with van der Waals surface area (Å²) in [5, 5.41) is 7.14. The number of hydrogen-bond acceptors (Lipinski definition) is 6. The van der Waals surface area contributed by atoms with Crippen LogP contribution in [0, 0.1) is 0 Å². The van der Waals surface area contributed by atoms with E-state index in [1.807, 2.05) is 21.1 Å². The zero-order chi connectivity index (χ0) is 18.2. The molecule has 0 spiro atoms. The van der Waals surface area contributed by atoms with Crippen LogP contribution in [0.25, 0.3) is 0 Å². The second kappa shape index (κ2) is 9.27. The van der Waals surface area contributed by atoms with Gasteiger partial charge in [-0.2, -0.15) is 5.10 Å². The van der Waals surface area contributed by atoms with Gasteiger partial charge in [-0.15, -0.1) is 0 Å². The number of quaternary nitrogens is 1. The number of esters is 1. The Labute approximate surface area is 143 Å². The van der Waals surface area contributed by atoms with Crippen LogP contribution >= 0.6 is 0 Å². The second-order valence-corrected chi connectivity index (χ2v) is 6.54. The Morgan fingerprint density at radius 3 is 2.58 bits per heavy atom. The number of nitrogens with one attached hydrogen (secondary N) is 2. The summed E-state index contributed by atoms with van der Waals surface area (Å²) in [6.07, 6.45) is 1.98. The highest BCUT2D eigenvalue weighted by atomic mass is 16.5. The fourth-order valence-electron chi connectivity index (χ4n) is 2.03. The van der Waals surface area contributed by atoms with E-state index in [2.05, 4.69) is 22.8 Å². The molecule has 1 amide bonds. The standard InChI is InChI=1S/C16H28N4O4/c1-6-8-9-17-15-14(16(22)23-7-2)12(11-24-15)18-19-13(21)10-20(3,4)5/h6-11H2,1-5H3,(H-,17,18,19,21,22)/p+1. The van der Waals surface area contributed by atoms with Crippen molar-refractivity contribution in [2.24, 2.45) is 5.10 Å². The van der Waals surface area contributed by atoms with Crippen molar-refractivity contribution in [2.75, 3.05) is 47.4 Å². The number of hydrazone groups is 1. The quantitative estimate of drug-likeness (QED) is 0.274. The summed E-state index contributed by atoms with van der Waals surface area (Å²) in [6.45, 7) is 5.15. The maximum atomic E-state index is 12.2. The van der Waals surface area contributed by atoms with Crippen molar-refractivity contribution in [2.45, 2.75) is 26.7 Å². The van der Waals surface area contributed by atoms with E-state index in [9.17, 15) is 9.59 Å². The van der Waals surface area contributed by atoms with Crippen molar-refractivity contribution in [1.82, 2.24) is 10.7 Å².